The second-order valence-electron chi connectivity index (χ2n) is 3.86. The largest absolute Gasteiger partial charge is 0.464 e. The van der Waals surface area contributed by atoms with Crippen molar-refractivity contribution in [1.82, 2.24) is 5.32 Å². The Bertz CT molecular complexity index is 595. The highest BCUT2D eigenvalue weighted by Gasteiger charge is 2.21. The first-order chi connectivity index (χ1) is 9.19. The van der Waals surface area contributed by atoms with Gasteiger partial charge in [0.1, 0.15) is 5.70 Å². The summed E-state index contributed by atoms with van der Waals surface area (Å²) in [6, 6.07) is 1.96. The van der Waals surface area contributed by atoms with E-state index in [0.717, 1.165) is 11.1 Å². The number of ether oxygens (including phenoxy) is 1. The van der Waals surface area contributed by atoms with E-state index in [1.54, 1.807) is 24.5 Å². The summed E-state index contributed by atoms with van der Waals surface area (Å²) >= 11 is 1.58. The lowest BCUT2D eigenvalue weighted by Crippen LogP contribution is -2.23. The molecule has 1 aromatic rings. The van der Waals surface area contributed by atoms with E-state index >= 15 is 0 Å². The zero-order valence-corrected chi connectivity index (χ0v) is 11.5. The molecule has 0 bridgehead atoms. The lowest BCUT2D eigenvalue weighted by molar-refractivity contribution is -0.136. The van der Waals surface area contributed by atoms with Gasteiger partial charge in [0.25, 0.3) is 0 Å². The maximum absolute atomic E-state index is 11.7. The number of allylic oxidation sites excluding steroid dienone is 5. The molecule has 1 aromatic heterocycles. The van der Waals surface area contributed by atoms with Crippen LogP contribution in [0, 0.1) is 5.41 Å². The van der Waals surface area contributed by atoms with Gasteiger partial charge in [-0.05, 0) is 22.4 Å². The standard InChI is InChI=1S/C14H14N2O2S/c1-16-13(14(17)18-2)11-5-3-4-10(12(11)15)9-6-7-19-8-9/h3-8,15-16H,1-2H3/b13-11-,15-12?. The van der Waals surface area contributed by atoms with Crippen LogP contribution in [0.2, 0.25) is 0 Å². The smallest absolute Gasteiger partial charge is 0.354 e. The highest BCUT2D eigenvalue weighted by molar-refractivity contribution is 7.08. The number of thiophene rings is 1. The Balaban J connectivity index is 2.45. The van der Waals surface area contributed by atoms with Crippen molar-refractivity contribution in [2.24, 2.45) is 0 Å². The first-order valence-electron chi connectivity index (χ1n) is 5.69. The molecule has 1 aliphatic rings. The molecule has 0 saturated heterocycles. The van der Waals surface area contributed by atoms with E-state index in [-0.39, 0.29) is 0 Å². The van der Waals surface area contributed by atoms with Crippen molar-refractivity contribution < 1.29 is 9.53 Å². The number of esters is 1. The minimum atomic E-state index is -0.474. The van der Waals surface area contributed by atoms with Crippen molar-refractivity contribution in [2.45, 2.75) is 0 Å². The van der Waals surface area contributed by atoms with Crippen molar-refractivity contribution in [3.05, 3.63) is 51.9 Å². The fourth-order valence-electron chi connectivity index (χ4n) is 1.87. The number of carbonyl (C=O) groups is 1. The van der Waals surface area contributed by atoms with Gasteiger partial charge in [0.2, 0.25) is 0 Å². The van der Waals surface area contributed by atoms with Crippen LogP contribution in [0.1, 0.15) is 5.56 Å². The van der Waals surface area contributed by atoms with E-state index in [4.69, 9.17) is 10.1 Å². The normalized spacial score (nSPS) is 16.9. The Morgan fingerprint density at radius 3 is 2.84 bits per heavy atom. The predicted molar refractivity (Wildman–Crippen MR) is 77.3 cm³/mol. The van der Waals surface area contributed by atoms with Crippen LogP contribution in [-0.4, -0.2) is 25.8 Å². The average Bonchev–Trinajstić information content (AvgIpc) is 2.95. The number of methoxy groups -OCH3 is 1. The van der Waals surface area contributed by atoms with Gasteiger partial charge in [-0.1, -0.05) is 18.2 Å². The molecule has 2 N–H and O–H groups in total. The van der Waals surface area contributed by atoms with Crippen LogP contribution in [0.25, 0.3) is 5.57 Å². The molecule has 0 atom stereocenters. The Hall–Kier alpha value is -2.14. The number of carbonyl (C=O) groups excluding carboxylic acids is 1. The molecule has 1 aliphatic carbocycles. The number of nitrogens with one attached hydrogen (secondary N) is 2. The van der Waals surface area contributed by atoms with Gasteiger partial charge in [-0.3, -0.25) is 5.41 Å². The number of rotatable bonds is 3. The molecule has 98 valence electrons. The van der Waals surface area contributed by atoms with Gasteiger partial charge in [0.05, 0.1) is 12.8 Å². The van der Waals surface area contributed by atoms with Gasteiger partial charge < -0.3 is 10.1 Å². The van der Waals surface area contributed by atoms with Crippen molar-refractivity contribution in [3.8, 4) is 0 Å². The Morgan fingerprint density at radius 2 is 2.26 bits per heavy atom. The van der Waals surface area contributed by atoms with Crippen LogP contribution in [0.15, 0.2) is 46.3 Å². The van der Waals surface area contributed by atoms with Gasteiger partial charge >= 0.3 is 5.97 Å². The first-order valence-corrected chi connectivity index (χ1v) is 6.64. The second-order valence-corrected chi connectivity index (χ2v) is 4.64. The lowest BCUT2D eigenvalue weighted by Gasteiger charge is -2.16. The quantitative estimate of drug-likeness (QED) is 0.657. The van der Waals surface area contributed by atoms with E-state index in [0.29, 0.717) is 17.0 Å². The van der Waals surface area contributed by atoms with Crippen LogP contribution in [0.4, 0.5) is 0 Å². The molecule has 19 heavy (non-hydrogen) atoms. The second kappa shape index (κ2) is 5.67. The SMILES string of the molecule is CN/C(C(=O)OC)=C1/C=CC=C(c2ccsc2)C1=N. The van der Waals surface area contributed by atoms with Crippen LogP contribution < -0.4 is 5.32 Å². The highest BCUT2D eigenvalue weighted by Crippen LogP contribution is 2.26. The third kappa shape index (κ3) is 2.51. The van der Waals surface area contributed by atoms with Crippen LogP contribution in [-0.2, 0) is 9.53 Å². The van der Waals surface area contributed by atoms with E-state index in [1.807, 2.05) is 29.0 Å². The molecule has 0 aromatic carbocycles. The lowest BCUT2D eigenvalue weighted by atomic mass is 9.92. The van der Waals surface area contributed by atoms with Gasteiger partial charge in [0.15, 0.2) is 0 Å². The summed E-state index contributed by atoms with van der Waals surface area (Å²) in [5.74, 6) is -0.474. The molecule has 0 amide bonds. The molecule has 4 nitrogen and oxygen atoms in total. The highest BCUT2D eigenvalue weighted by atomic mass is 32.1. The van der Waals surface area contributed by atoms with Gasteiger partial charge in [-0.15, -0.1) is 0 Å². The van der Waals surface area contributed by atoms with E-state index < -0.39 is 5.97 Å². The van der Waals surface area contributed by atoms with Crippen LogP contribution in [0.3, 0.4) is 0 Å². The monoisotopic (exact) mass is 274 g/mol. The summed E-state index contributed by atoms with van der Waals surface area (Å²) in [4.78, 5) is 11.7. The van der Waals surface area contributed by atoms with Crippen molar-refractivity contribution in [2.75, 3.05) is 14.2 Å². The fourth-order valence-corrected chi connectivity index (χ4v) is 2.52. The zero-order chi connectivity index (χ0) is 13.8. The minimum absolute atomic E-state index is 0.296. The number of hydrogen-bond acceptors (Lipinski definition) is 5. The molecule has 0 unspecified atom stereocenters. The van der Waals surface area contributed by atoms with Gasteiger partial charge in [0, 0.05) is 18.2 Å². The summed E-state index contributed by atoms with van der Waals surface area (Å²) in [5, 5.41) is 15.0. The maximum atomic E-state index is 11.7. The van der Waals surface area contributed by atoms with E-state index in [1.165, 1.54) is 7.11 Å². The molecule has 1 heterocycles. The molecule has 0 saturated carbocycles. The number of hydrogen-bond donors (Lipinski definition) is 2. The maximum Gasteiger partial charge on any atom is 0.354 e. The summed E-state index contributed by atoms with van der Waals surface area (Å²) < 4.78 is 4.72. The summed E-state index contributed by atoms with van der Waals surface area (Å²) in [5.41, 5.74) is 2.94. The van der Waals surface area contributed by atoms with Gasteiger partial charge in [-0.2, -0.15) is 11.3 Å². The molecule has 2 rings (SSSR count). The molecule has 0 aliphatic heterocycles. The molecule has 5 heteroatoms. The molecule has 0 fully saturated rings. The molecule has 0 radical (unpaired) electrons. The predicted octanol–water partition coefficient (Wildman–Crippen LogP) is 2.37. The van der Waals surface area contributed by atoms with Crippen molar-refractivity contribution in [3.63, 3.8) is 0 Å². The molecular formula is C14H14N2O2S. The Kier molecular flexibility index (Phi) is 3.97. The summed E-state index contributed by atoms with van der Waals surface area (Å²) in [6.45, 7) is 0. The van der Waals surface area contributed by atoms with Crippen LogP contribution >= 0.6 is 11.3 Å². The third-order valence-corrected chi connectivity index (χ3v) is 3.49. The van der Waals surface area contributed by atoms with Gasteiger partial charge in [-0.25, -0.2) is 4.79 Å². The fraction of sp³-hybridized carbons (Fsp3) is 0.143. The topological polar surface area (TPSA) is 62.2 Å². The Labute approximate surface area is 115 Å². The third-order valence-electron chi connectivity index (χ3n) is 2.81. The van der Waals surface area contributed by atoms with Crippen molar-refractivity contribution >= 4 is 28.6 Å². The summed E-state index contributed by atoms with van der Waals surface area (Å²) in [7, 11) is 2.97. The molecular weight excluding hydrogens is 260 g/mol. The van der Waals surface area contributed by atoms with Crippen molar-refractivity contribution in [1.29, 1.82) is 5.41 Å². The minimum Gasteiger partial charge on any atom is -0.464 e. The molecule has 0 spiro atoms. The van der Waals surface area contributed by atoms with E-state index in [2.05, 4.69) is 5.32 Å². The first kappa shape index (κ1) is 13.3. The Morgan fingerprint density at radius 1 is 1.47 bits per heavy atom. The zero-order valence-electron chi connectivity index (χ0n) is 10.7. The van der Waals surface area contributed by atoms with E-state index in [9.17, 15) is 4.79 Å². The summed E-state index contributed by atoms with van der Waals surface area (Å²) in [6.07, 6.45) is 5.44. The van der Waals surface area contributed by atoms with Crippen LogP contribution in [0.5, 0.6) is 0 Å². The average molecular weight is 274 g/mol. The number of likely N-dealkylation sites (N-methyl/N-ethyl adjacent to an activating group) is 1.